The number of rotatable bonds is 5. The van der Waals surface area contributed by atoms with E-state index in [1.807, 2.05) is 6.92 Å². The highest BCUT2D eigenvalue weighted by atomic mass is 16.4. The first-order valence-corrected chi connectivity index (χ1v) is 7.20. The van der Waals surface area contributed by atoms with Gasteiger partial charge < -0.3 is 14.8 Å². The summed E-state index contributed by atoms with van der Waals surface area (Å²) in [6.07, 6.45) is 5.75. The molecular formula is C15H21NO4. The van der Waals surface area contributed by atoms with Gasteiger partial charge in [-0.25, -0.2) is 0 Å². The summed E-state index contributed by atoms with van der Waals surface area (Å²) in [5.41, 5.74) is 0.551. The van der Waals surface area contributed by atoms with Crippen LogP contribution in [0.2, 0.25) is 0 Å². The minimum atomic E-state index is -0.749. The molecule has 0 aliphatic heterocycles. The van der Waals surface area contributed by atoms with E-state index in [0.29, 0.717) is 30.7 Å². The van der Waals surface area contributed by atoms with Crippen LogP contribution in [0.1, 0.15) is 48.7 Å². The van der Waals surface area contributed by atoms with Gasteiger partial charge in [0.1, 0.15) is 5.76 Å². The highest BCUT2D eigenvalue weighted by molar-refractivity contribution is 5.95. The lowest BCUT2D eigenvalue weighted by Gasteiger charge is -2.28. The molecule has 110 valence electrons. The molecule has 1 heterocycles. The summed E-state index contributed by atoms with van der Waals surface area (Å²) < 4.78 is 5.23. The van der Waals surface area contributed by atoms with Gasteiger partial charge in [0.2, 0.25) is 0 Å². The van der Waals surface area contributed by atoms with Gasteiger partial charge in [0.05, 0.1) is 17.7 Å². The van der Waals surface area contributed by atoms with Crippen LogP contribution in [0, 0.1) is 11.8 Å². The second-order valence-electron chi connectivity index (χ2n) is 5.31. The Morgan fingerprint density at radius 1 is 1.40 bits per heavy atom. The number of amides is 1. The third-order valence-corrected chi connectivity index (χ3v) is 4.06. The Labute approximate surface area is 118 Å². The molecule has 1 amide bonds. The number of carboxylic acid groups (broad SMARTS) is 1. The van der Waals surface area contributed by atoms with E-state index in [2.05, 4.69) is 5.32 Å². The maximum absolute atomic E-state index is 12.1. The molecule has 1 saturated carbocycles. The number of carbonyl (C=O) groups excluding carboxylic acids is 1. The Balaban J connectivity index is 1.93. The molecule has 2 N–H and O–H groups in total. The Kier molecular flexibility index (Phi) is 4.82. The molecule has 0 spiro atoms. The molecular weight excluding hydrogens is 258 g/mol. The van der Waals surface area contributed by atoms with E-state index in [0.717, 1.165) is 19.3 Å². The van der Waals surface area contributed by atoms with Crippen LogP contribution < -0.4 is 5.32 Å². The van der Waals surface area contributed by atoms with E-state index in [-0.39, 0.29) is 17.7 Å². The Morgan fingerprint density at radius 2 is 2.15 bits per heavy atom. The molecule has 1 aromatic heterocycles. The van der Waals surface area contributed by atoms with E-state index >= 15 is 0 Å². The van der Waals surface area contributed by atoms with Gasteiger partial charge in [0, 0.05) is 13.0 Å². The lowest BCUT2D eigenvalue weighted by Crippen LogP contribution is -2.37. The topological polar surface area (TPSA) is 79.5 Å². The molecule has 2 unspecified atom stereocenters. The average Bonchev–Trinajstić information content (AvgIpc) is 2.93. The lowest BCUT2D eigenvalue weighted by atomic mass is 9.79. The van der Waals surface area contributed by atoms with Crippen LogP contribution in [0.4, 0.5) is 0 Å². The van der Waals surface area contributed by atoms with Crippen molar-refractivity contribution in [1.29, 1.82) is 0 Å². The van der Waals surface area contributed by atoms with Gasteiger partial charge in [-0.2, -0.15) is 0 Å². The predicted octanol–water partition coefficient (Wildman–Crippen LogP) is 2.46. The van der Waals surface area contributed by atoms with Gasteiger partial charge in [-0.15, -0.1) is 0 Å². The summed E-state index contributed by atoms with van der Waals surface area (Å²) in [7, 11) is 0. The molecule has 0 saturated heterocycles. The number of hydrogen-bond donors (Lipinski definition) is 2. The minimum Gasteiger partial charge on any atom is -0.481 e. The van der Waals surface area contributed by atoms with Gasteiger partial charge in [0.25, 0.3) is 5.91 Å². The Hall–Kier alpha value is -1.78. The summed E-state index contributed by atoms with van der Waals surface area (Å²) >= 11 is 0. The SMILES string of the molecule is CCc1occc1C(=O)NCC1CCCCC1C(=O)O. The van der Waals surface area contributed by atoms with Gasteiger partial charge in [0.15, 0.2) is 0 Å². The standard InChI is InChI=1S/C15H21NO4/c1-2-13-12(7-8-20-13)14(17)16-9-10-5-3-4-6-11(10)15(18)19/h7-8,10-11H,2-6,9H2,1H3,(H,16,17)(H,18,19). The molecule has 1 aliphatic rings. The summed E-state index contributed by atoms with van der Waals surface area (Å²) in [5.74, 6) is -0.561. The van der Waals surface area contributed by atoms with E-state index in [1.54, 1.807) is 6.07 Å². The van der Waals surface area contributed by atoms with E-state index in [9.17, 15) is 14.7 Å². The second-order valence-corrected chi connectivity index (χ2v) is 5.31. The zero-order valence-corrected chi connectivity index (χ0v) is 11.7. The summed E-state index contributed by atoms with van der Waals surface area (Å²) in [4.78, 5) is 23.3. The lowest BCUT2D eigenvalue weighted by molar-refractivity contribution is -0.144. The molecule has 20 heavy (non-hydrogen) atoms. The van der Waals surface area contributed by atoms with Crippen LogP contribution in [0.5, 0.6) is 0 Å². The van der Waals surface area contributed by atoms with Crippen LogP contribution in [-0.2, 0) is 11.2 Å². The maximum atomic E-state index is 12.1. The fourth-order valence-electron chi connectivity index (χ4n) is 2.91. The zero-order chi connectivity index (χ0) is 14.5. The molecule has 0 radical (unpaired) electrons. The number of carbonyl (C=O) groups is 2. The number of carboxylic acids is 1. The van der Waals surface area contributed by atoms with Crippen LogP contribution >= 0.6 is 0 Å². The van der Waals surface area contributed by atoms with Crippen molar-refractivity contribution in [3.8, 4) is 0 Å². The highest BCUT2D eigenvalue weighted by Gasteiger charge is 2.31. The molecule has 5 heteroatoms. The van der Waals surface area contributed by atoms with Crippen molar-refractivity contribution in [2.24, 2.45) is 11.8 Å². The normalized spacial score (nSPS) is 22.4. The molecule has 0 bridgehead atoms. The number of aryl methyl sites for hydroxylation is 1. The fourth-order valence-corrected chi connectivity index (χ4v) is 2.91. The van der Waals surface area contributed by atoms with Crippen molar-refractivity contribution in [3.63, 3.8) is 0 Å². The second kappa shape index (κ2) is 6.59. The quantitative estimate of drug-likeness (QED) is 0.867. The van der Waals surface area contributed by atoms with Crippen molar-refractivity contribution in [1.82, 2.24) is 5.32 Å². The Morgan fingerprint density at radius 3 is 2.85 bits per heavy atom. The first-order valence-electron chi connectivity index (χ1n) is 7.20. The predicted molar refractivity (Wildman–Crippen MR) is 73.5 cm³/mol. The molecule has 5 nitrogen and oxygen atoms in total. The van der Waals surface area contributed by atoms with E-state index in [1.165, 1.54) is 6.26 Å². The summed E-state index contributed by atoms with van der Waals surface area (Å²) in [5, 5.41) is 12.1. The van der Waals surface area contributed by atoms with Crippen molar-refractivity contribution < 1.29 is 19.1 Å². The third kappa shape index (κ3) is 3.21. The Bertz CT molecular complexity index is 480. The van der Waals surface area contributed by atoms with Crippen LogP contribution in [0.25, 0.3) is 0 Å². The van der Waals surface area contributed by atoms with E-state index in [4.69, 9.17) is 4.42 Å². The van der Waals surface area contributed by atoms with Crippen molar-refractivity contribution in [3.05, 3.63) is 23.7 Å². The molecule has 1 aliphatic carbocycles. The average molecular weight is 279 g/mol. The zero-order valence-electron chi connectivity index (χ0n) is 11.7. The van der Waals surface area contributed by atoms with E-state index < -0.39 is 5.97 Å². The number of furan rings is 1. The van der Waals surface area contributed by atoms with Crippen molar-refractivity contribution in [2.45, 2.75) is 39.0 Å². The third-order valence-electron chi connectivity index (χ3n) is 4.06. The maximum Gasteiger partial charge on any atom is 0.306 e. The van der Waals surface area contributed by atoms with Crippen LogP contribution in [-0.4, -0.2) is 23.5 Å². The summed E-state index contributed by atoms with van der Waals surface area (Å²) in [6.45, 7) is 2.35. The molecule has 0 aromatic carbocycles. The van der Waals surface area contributed by atoms with Crippen LogP contribution in [0.15, 0.2) is 16.7 Å². The van der Waals surface area contributed by atoms with Gasteiger partial charge in [-0.1, -0.05) is 19.8 Å². The minimum absolute atomic E-state index is 0.0298. The highest BCUT2D eigenvalue weighted by Crippen LogP contribution is 2.29. The van der Waals surface area contributed by atoms with Gasteiger partial charge >= 0.3 is 5.97 Å². The number of nitrogens with one attached hydrogen (secondary N) is 1. The molecule has 1 fully saturated rings. The number of aliphatic carboxylic acids is 1. The van der Waals surface area contributed by atoms with Crippen molar-refractivity contribution >= 4 is 11.9 Å². The van der Waals surface area contributed by atoms with Gasteiger partial charge in [-0.05, 0) is 24.8 Å². The fraction of sp³-hybridized carbons (Fsp3) is 0.600. The largest absolute Gasteiger partial charge is 0.481 e. The monoisotopic (exact) mass is 279 g/mol. The smallest absolute Gasteiger partial charge is 0.306 e. The molecule has 1 aromatic rings. The molecule has 2 atom stereocenters. The first-order chi connectivity index (χ1) is 9.63. The molecule has 2 rings (SSSR count). The summed E-state index contributed by atoms with van der Waals surface area (Å²) in [6, 6.07) is 1.66. The van der Waals surface area contributed by atoms with Gasteiger partial charge in [-0.3, -0.25) is 9.59 Å². The number of hydrogen-bond acceptors (Lipinski definition) is 3. The first kappa shape index (κ1) is 14.6. The van der Waals surface area contributed by atoms with Crippen molar-refractivity contribution in [2.75, 3.05) is 6.54 Å². The van der Waals surface area contributed by atoms with Crippen LogP contribution in [0.3, 0.4) is 0 Å².